The summed E-state index contributed by atoms with van der Waals surface area (Å²) in [5.41, 5.74) is 0. The lowest BCUT2D eigenvalue weighted by Gasteiger charge is -2.19. The highest BCUT2D eigenvalue weighted by Crippen LogP contribution is 2.21. The molecule has 1 aliphatic rings. The first-order valence-electron chi connectivity index (χ1n) is 6.65. The Morgan fingerprint density at radius 3 is 2.56 bits per heavy atom. The van der Waals surface area contributed by atoms with Gasteiger partial charge < -0.3 is 5.11 Å². The zero-order valence-electron chi connectivity index (χ0n) is 11.0. The third kappa shape index (κ3) is 4.94. The molecule has 0 aromatic carbocycles. The fourth-order valence-corrected chi connectivity index (χ4v) is 3.98. The Bertz CT molecular complexity index is 366. The lowest BCUT2D eigenvalue weighted by molar-refractivity contribution is -0.137. The summed E-state index contributed by atoms with van der Waals surface area (Å²) in [5, 5.41) is 8.69. The van der Waals surface area contributed by atoms with Crippen molar-refractivity contribution in [2.45, 2.75) is 45.4 Å². The van der Waals surface area contributed by atoms with Crippen molar-refractivity contribution in [3.8, 4) is 0 Å². The van der Waals surface area contributed by atoms with Crippen LogP contribution in [0.3, 0.4) is 0 Å². The van der Waals surface area contributed by atoms with E-state index in [2.05, 4.69) is 6.92 Å². The standard InChI is InChI=1S/C12H23NO4S/c1-2-4-11(5-6-12(14)15)7-9-13-8-3-10-18(13,16)17/h11H,2-10H2,1H3,(H,14,15). The lowest BCUT2D eigenvalue weighted by atomic mass is 9.94. The van der Waals surface area contributed by atoms with Gasteiger partial charge in [-0.15, -0.1) is 0 Å². The van der Waals surface area contributed by atoms with Gasteiger partial charge in [0.1, 0.15) is 0 Å². The van der Waals surface area contributed by atoms with Crippen molar-refractivity contribution in [3.05, 3.63) is 0 Å². The van der Waals surface area contributed by atoms with Crippen molar-refractivity contribution in [1.82, 2.24) is 4.31 Å². The van der Waals surface area contributed by atoms with Crippen LogP contribution in [0.2, 0.25) is 0 Å². The molecule has 0 aromatic heterocycles. The first-order chi connectivity index (χ1) is 8.45. The molecule has 1 saturated heterocycles. The van der Waals surface area contributed by atoms with Crippen LogP contribution in [0, 0.1) is 5.92 Å². The summed E-state index contributed by atoms with van der Waals surface area (Å²) in [5.74, 6) is -0.188. The molecule has 106 valence electrons. The van der Waals surface area contributed by atoms with Gasteiger partial charge in [0, 0.05) is 19.5 Å². The number of carbonyl (C=O) groups is 1. The average Bonchev–Trinajstić information content (AvgIpc) is 2.61. The van der Waals surface area contributed by atoms with Gasteiger partial charge in [0.05, 0.1) is 5.75 Å². The van der Waals surface area contributed by atoms with Crippen molar-refractivity contribution in [2.75, 3.05) is 18.8 Å². The van der Waals surface area contributed by atoms with Gasteiger partial charge >= 0.3 is 5.97 Å². The molecule has 1 unspecified atom stereocenters. The Balaban J connectivity index is 2.39. The number of sulfonamides is 1. The normalized spacial score (nSPS) is 20.9. The van der Waals surface area contributed by atoms with E-state index in [0.29, 0.717) is 25.4 Å². The molecule has 1 heterocycles. The Morgan fingerprint density at radius 2 is 2.06 bits per heavy atom. The third-order valence-electron chi connectivity index (χ3n) is 3.45. The number of nitrogens with zero attached hydrogens (tertiary/aromatic N) is 1. The first-order valence-corrected chi connectivity index (χ1v) is 8.26. The summed E-state index contributed by atoms with van der Waals surface area (Å²) in [6.07, 6.45) is 4.31. The van der Waals surface area contributed by atoms with Gasteiger partial charge in [-0.2, -0.15) is 0 Å². The van der Waals surface area contributed by atoms with E-state index in [9.17, 15) is 13.2 Å². The summed E-state index contributed by atoms with van der Waals surface area (Å²) in [4.78, 5) is 10.6. The monoisotopic (exact) mass is 277 g/mol. The zero-order chi connectivity index (χ0) is 13.6. The van der Waals surface area contributed by atoms with Crippen LogP contribution in [0.15, 0.2) is 0 Å². The van der Waals surface area contributed by atoms with E-state index in [0.717, 1.165) is 25.7 Å². The summed E-state index contributed by atoms with van der Waals surface area (Å²) >= 11 is 0. The second kappa shape index (κ2) is 7.09. The fraction of sp³-hybridized carbons (Fsp3) is 0.917. The molecule has 0 bridgehead atoms. The number of hydrogen-bond donors (Lipinski definition) is 1. The molecule has 1 N–H and O–H groups in total. The molecule has 1 rings (SSSR count). The summed E-state index contributed by atoms with van der Waals surface area (Å²) in [6, 6.07) is 0. The van der Waals surface area contributed by atoms with Crippen LogP contribution in [0.4, 0.5) is 0 Å². The van der Waals surface area contributed by atoms with Gasteiger partial charge in [-0.1, -0.05) is 19.8 Å². The van der Waals surface area contributed by atoms with Crippen molar-refractivity contribution >= 4 is 16.0 Å². The summed E-state index contributed by atoms with van der Waals surface area (Å²) in [7, 11) is -3.01. The SMILES string of the molecule is CCCC(CCC(=O)O)CCN1CCCS1(=O)=O. The lowest BCUT2D eigenvalue weighted by Crippen LogP contribution is -2.28. The van der Waals surface area contributed by atoms with Crippen LogP contribution < -0.4 is 0 Å². The predicted molar refractivity (Wildman–Crippen MR) is 69.9 cm³/mol. The van der Waals surface area contributed by atoms with E-state index < -0.39 is 16.0 Å². The molecule has 1 aliphatic heterocycles. The predicted octanol–water partition coefficient (Wildman–Crippen LogP) is 1.69. The minimum atomic E-state index is -3.01. The second-order valence-corrected chi connectivity index (χ2v) is 7.03. The van der Waals surface area contributed by atoms with Crippen molar-refractivity contribution in [1.29, 1.82) is 0 Å². The van der Waals surface area contributed by atoms with E-state index in [1.807, 2.05) is 0 Å². The maximum atomic E-state index is 11.6. The number of carboxylic acids is 1. The molecule has 18 heavy (non-hydrogen) atoms. The minimum Gasteiger partial charge on any atom is -0.481 e. The summed E-state index contributed by atoms with van der Waals surface area (Å²) in [6.45, 7) is 3.24. The van der Waals surface area contributed by atoms with Gasteiger partial charge in [0.25, 0.3) is 0 Å². The summed E-state index contributed by atoms with van der Waals surface area (Å²) < 4.78 is 24.8. The van der Waals surface area contributed by atoms with E-state index >= 15 is 0 Å². The number of rotatable bonds is 8. The highest BCUT2D eigenvalue weighted by Gasteiger charge is 2.28. The molecular weight excluding hydrogens is 254 g/mol. The molecule has 6 heteroatoms. The van der Waals surface area contributed by atoms with Gasteiger partial charge in [0.15, 0.2) is 0 Å². The highest BCUT2D eigenvalue weighted by atomic mass is 32.2. The molecule has 1 fully saturated rings. The van der Waals surface area contributed by atoms with Crippen molar-refractivity contribution < 1.29 is 18.3 Å². The Morgan fingerprint density at radius 1 is 1.33 bits per heavy atom. The molecular formula is C12H23NO4S. The molecule has 0 aromatic rings. The zero-order valence-corrected chi connectivity index (χ0v) is 11.8. The molecule has 0 radical (unpaired) electrons. The van der Waals surface area contributed by atoms with E-state index in [1.54, 1.807) is 4.31 Å². The number of hydrogen-bond acceptors (Lipinski definition) is 3. The Labute approximate surface area is 109 Å². The van der Waals surface area contributed by atoms with E-state index in [1.165, 1.54) is 0 Å². The quantitative estimate of drug-likeness (QED) is 0.732. The van der Waals surface area contributed by atoms with Crippen LogP contribution in [0.5, 0.6) is 0 Å². The highest BCUT2D eigenvalue weighted by molar-refractivity contribution is 7.89. The average molecular weight is 277 g/mol. The second-order valence-electron chi connectivity index (χ2n) is 4.94. The van der Waals surface area contributed by atoms with Crippen molar-refractivity contribution in [3.63, 3.8) is 0 Å². The van der Waals surface area contributed by atoms with Crippen LogP contribution in [0.25, 0.3) is 0 Å². The topological polar surface area (TPSA) is 74.7 Å². The molecule has 5 nitrogen and oxygen atoms in total. The van der Waals surface area contributed by atoms with Gasteiger partial charge in [-0.25, -0.2) is 12.7 Å². The largest absolute Gasteiger partial charge is 0.481 e. The molecule has 0 amide bonds. The van der Waals surface area contributed by atoms with Crippen LogP contribution in [-0.2, 0) is 14.8 Å². The van der Waals surface area contributed by atoms with Gasteiger partial charge in [-0.3, -0.25) is 4.79 Å². The van der Waals surface area contributed by atoms with E-state index in [4.69, 9.17) is 5.11 Å². The van der Waals surface area contributed by atoms with Gasteiger partial charge in [0.2, 0.25) is 10.0 Å². The maximum absolute atomic E-state index is 11.6. The van der Waals surface area contributed by atoms with Gasteiger partial charge in [-0.05, 0) is 25.2 Å². The number of carboxylic acid groups (broad SMARTS) is 1. The minimum absolute atomic E-state index is 0.178. The fourth-order valence-electron chi connectivity index (χ4n) is 2.44. The smallest absolute Gasteiger partial charge is 0.303 e. The Hall–Kier alpha value is -0.620. The third-order valence-corrected chi connectivity index (χ3v) is 5.41. The maximum Gasteiger partial charge on any atom is 0.303 e. The first kappa shape index (κ1) is 15.4. The number of aliphatic carboxylic acids is 1. The molecule has 0 aliphatic carbocycles. The van der Waals surface area contributed by atoms with Crippen LogP contribution in [-0.4, -0.2) is 42.6 Å². The van der Waals surface area contributed by atoms with Crippen LogP contribution in [0.1, 0.15) is 45.4 Å². The van der Waals surface area contributed by atoms with Crippen molar-refractivity contribution in [2.24, 2.45) is 5.92 Å². The molecule has 1 atom stereocenters. The van der Waals surface area contributed by atoms with E-state index in [-0.39, 0.29) is 12.2 Å². The Kier molecular flexibility index (Phi) is 6.08. The molecule has 0 saturated carbocycles. The molecule has 0 spiro atoms. The van der Waals surface area contributed by atoms with Crippen LogP contribution >= 0.6 is 0 Å².